The highest BCUT2D eigenvalue weighted by molar-refractivity contribution is 6.12. The average Bonchev–Trinajstić information content (AvgIpc) is 3.52. The van der Waals surface area contributed by atoms with Crippen molar-refractivity contribution >= 4 is 61.1 Å². The minimum Gasteiger partial charge on any atom is -0.350 e. The molecule has 1 aliphatic carbocycles. The molecule has 52 heavy (non-hydrogen) atoms. The molecule has 0 N–H and O–H groups in total. The molecule has 5 heteroatoms. The van der Waals surface area contributed by atoms with Crippen LogP contribution in [0.15, 0.2) is 181 Å². The zero-order chi connectivity index (χ0) is 35.2. The molecule has 0 amide bonds. The summed E-state index contributed by atoms with van der Waals surface area (Å²) in [6, 6.07) is 51.8. The fourth-order valence-corrected chi connectivity index (χ4v) is 7.82. The van der Waals surface area contributed by atoms with Crippen LogP contribution in [0.1, 0.15) is 12.0 Å². The summed E-state index contributed by atoms with van der Waals surface area (Å²) < 4.78 is 4.40. The molecule has 0 aliphatic heterocycles. The monoisotopic (exact) mass is 674 g/mol. The predicted octanol–water partition coefficient (Wildman–Crippen LogP) is 11.4. The molecular formula is C47H38N4O. The number of fused-ring (bicyclic) bond motifs is 4. The number of nitrogens with zero attached hydrogens (tertiary/aromatic N) is 4. The van der Waals surface area contributed by atoms with Gasteiger partial charge >= 0.3 is 0 Å². The van der Waals surface area contributed by atoms with Gasteiger partial charge in [0.05, 0.1) is 22.6 Å². The second-order valence-corrected chi connectivity index (χ2v) is 13.5. The van der Waals surface area contributed by atoms with Crippen molar-refractivity contribution in [2.45, 2.75) is 19.4 Å². The molecule has 6 aromatic carbocycles. The van der Waals surface area contributed by atoms with E-state index in [9.17, 15) is 4.79 Å². The van der Waals surface area contributed by atoms with Crippen molar-refractivity contribution < 1.29 is 0 Å². The average molecular weight is 675 g/mol. The fourth-order valence-electron chi connectivity index (χ4n) is 7.82. The molecule has 0 bridgehead atoms. The molecule has 0 radical (unpaired) electrons. The molecule has 1 unspecified atom stereocenters. The third-order valence-electron chi connectivity index (χ3n) is 10.2. The number of hydrogen-bond acceptors (Lipinski definition) is 3. The Morgan fingerprint density at radius 3 is 1.79 bits per heavy atom. The first-order valence-corrected chi connectivity index (χ1v) is 17.8. The van der Waals surface area contributed by atoms with Gasteiger partial charge in [-0.25, -0.2) is 0 Å². The van der Waals surface area contributed by atoms with Crippen molar-refractivity contribution in [3.63, 3.8) is 0 Å². The number of allylic oxidation sites excluding steroid dienone is 2. The first-order chi connectivity index (χ1) is 25.5. The van der Waals surface area contributed by atoms with E-state index in [-0.39, 0.29) is 11.5 Å². The van der Waals surface area contributed by atoms with E-state index < -0.39 is 0 Å². The third kappa shape index (κ3) is 5.39. The summed E-state index contributed by atoms with van der Waals surface area (Å²) in [5, 5.41) is 3.03. The summed E-state index contributed by atoms with van der Waals surface area (Å²) in [5.41, 5.74) is 10.5. The van der Waals surface area contributed by atoms with Crippen LogP contribution in [-0.4, -0.2) is 15.2 Å². The van der Waals surface area contributed by atoms with E-state index in [1.165, 1.54) is 0 Å². The Hall–Kier alpha value is -6.59. The van der Waals surface area contributed by atoms with Gasteiger partial charge in [0.25, 0.3) is 0 Å². The van der Waals surface area contributed by atoms with Crippen LogP contribution in [0.25, 0.3) is 38.4 Å². The van der Waals surface area contributed by atoms with Gasteiger partial charge in [0, 0.05) is 69.1 Å². The van der Waals surface area contributed by atoms with E-state index >= 15 is 0 Å². The zero-order valence-electron chi connectivity index (χ0n) is 29.2. The van der Waals surface area contributed by atoms with Gasteiger partial charge in [-0.05, 0) is 104 Å². The van der Waals surface area contributed by atoms with Crippen LogP contribution in [-0.2, 0) is 7.05 Å². The van der Waals surface area contributed by atoms with E-state index in [0.717, 1.165) is 78.8 Å². The van der Waals surface area contributed by atoms with E-state index in [0.29, 0.717) is 0 Å². The topological polar surface area (TPSA) is 33.4 Å². The Kier molecular flexibility index (Phi) is 7.81. The summed E-state index contributed by atoms with van der Waals surface area (Å²) >= 11 is 0. The lowest BCUT2D eigenvalue weighted by atomic mass is 10.0. The van der Waals surface area contributed by atoms with Gasteiger partial charge in [-0.1, -0.05) is 78.9 Å². The van der Waals surface area contributed by atoms with Gasteiger partial charge in [0.15, 0.2) is 5.43 Å². The Bertz CT molecular complexity index is 2670. The summed E-state index contributed by atoms with van der Waals surface area (Å²) in [7, 11) is 2.01. The van der Waals surface area contributed by atoms with E-state index in [2.05, 4.69) is 183 Å². The Morgan fingerprint density at radius 2 is 1.17 bits per heavy atom. The van der Waals surface area contributed by atoms with Crippen LogP contribution in [0.3, 0.4) is 0 Å². The number of aromatic nitrogens is 2. The summed E-state index contributed by atoms with van der Waals surface area (Å²) in [6.07, 6.45) is 11.7. The number of aryl methyl sites for hydroxylation is 2. The van der Waals surface area contributed by atoms with Crippen molar-refractivity contribution in [2.75, 3.05) is 9.80 Å². The third-order valence-corrected chi connectivity index (χ3v) is 10.2. The second-order valence-electron chi connectivity index (χ2n) is 13.5. The van der Waals surface area contributed by atoms with Gasteiger partial charge in [0.1, 0.15) is 0 Å². The highest BCUT2D eigenvalue weighted by Gasteiger charge is 2.22. The lowest BCUT2D eigenvalue weighted by molar-refractivity contribution is 0.785. The molecular weight excluding hydrogens is 637 g/mol. The van der Waals surface area contributed by atoms with Crippen LogP contribution < -0.4 is 15.2 Å². The van der Waals surface area contributed by atoms with Gasteiger partial charge in [-0.2, -0.15) is 0 Å². The molecule has 2 heterocycles. The first-order valence-electron chi connectivity index (χ1n) is 17.8. The smallest absolute Gasteiger partial charge is 0.192 e. The first kappa shape index (κ1) is 31.4. The maximum atomic E-state index is 13.1. The molecule has 0 saturated heterocycles. The summed E-state index contributed by atoms with van der Waals surface area (Å²) in [6.45, 7) is 1.88. The number of para-hydroxylation sites is 3. The Balaban J connectivity index is 1.31. The largest absolute Gasteiger partial charge is 0.350 e. The molecule has 0 saturated carbocycles. The van der Waals surface area contributed by atoms with Crippen LogP contribution in [0.2, 0.25) is 0 Å². The van der Waals surface area contributed by atoms with Crippen molar-refractivity contribution in [1.29, 1.82) is 0 Å². The molecule has 9 rings (SSSR count). The Labute approximate surface area is 303 Å². The molecule has 252 valence electrons. The normalized spacial score (nSPS) is 14.0. The number of hydrogen-bond donors (Lipinski definition) is 0. The lowest BCUT2D eigenvalue weighted by Crippen LogP contribution is -2.29. The number of rotatable bonds is 7. The number of pyridine rings is 1. The van der Waals surface area contributed by atoms with Gasteiger partial charge in [0.2, 0.25) is 0 Å². The van der Waals surface area contributed by atoms with Gasteiger partial charge in [-0.15, -0.1) is 0 Å². The molecule has 1 atom stereocenters. The van der Waals surface area contributed by atoms with E-state index in [1.54, 1.807) is 0 Å². The molecule has 8 aromatic rings. The van der Waals surface area contributed by atoms with Crippen molar-refractivity contribution in [1.82, 2.24) is 9.13 Å². The maximum absolute atomic E-state index is 13.1. The summed E-state index contributed by atoms with van der Waals surface area (Å²) in [4.78, 5) is 17.9. The zero-order valence-corrected chi connectivity index (χ0v) is 29.2. The van der Waals surface area contributed by atoms with Crippen LogP contribution in [0.4, 0.5) is 28.4 Å². The minimum atomic E-state index is 0.0747. The fraction of sp³-hybridized carbons (Fsp3) is 0.0851. The van der Waals surface area contributed by atoms with E-state index in [4.69, 9.17) is 0 Å². The van der Waals surface area contributed by atoms with Crippen molar-refractivity contribution in [3.05, 3.63) is 192 Å². The second kappa shape index (κ2) is 12.9. The highest BCUT2D eigenvalue weighted by atomic mass is 16.1. The summed E-state index contributed by atoms with van der Waals surface area (Å²) in [5.74, 6) is 0. The van der Waals surface area contributed by atoms with Gasteiger partial charge < -0.3 is 18.9 Å². The number of anilines is 5. The molecule has 1 aliphatic rings. The van der Waals surface area contributed by atoms with Crippen molar-refractivity contribution in [2.24, 2.45) is 7.05 Å². The highest BCUT2D eigenvalue weighted by Crippen LogP contribution is 2.42. The quantitative estimate of drug-likeness (QED) is 0.169. The van der Waals surface area contributed by atoms with Crippen LogP contribution in [0, 0.1) is 6.92 Å². The molecule has 0 fully saturated rings. The van der Waals surface area contributed by atoms with Crippen LogP contribution >= 0.6 is 0 Å². The van der Waals surface area contributed by atoms with E-state index in [1.807, 2.05) is 26.2 Å². The van der Waals surface area contributed by atoms with Crippen molar-refractivity contribution in [3.8, 4) is 5.69 Å². The SMILES string of the molecule is Cc1cn(C)c2cc(-n3c4ccc(N(c5ccccc5)c5ccccc5)cc4c4cc(N(c5ccccc5)C5C=CC=CC5)ccc43)ccc2c1=O. The maximum Gasteiger partial charge on any atom is 0.192 e. The molecule has 5 nitrogen and oxygen atoms in total. The molecule has 2 aromatic heterocycles. The Morgan fingerprint density at radius 1 is 0.577 bits per heavy atom. The number of benzene rings is 6. The predicted molar refractivity (Wildman–Crippen MR) is 218 cm³/mol. The van der Waals surface area contributed by atoms with Crippen LogP contribution in [0.5, 0.6) is 0 Å². The molecule has 0 spiro atoms. The lowest BCUT2D eigenvalue weighted by Gasteiger charge is -2.32. The standard InChI is InChI=1S/C47H38N4O/c1-33-32-48(2)46-31-40(23-26-41(46)47(33)52)51-44-27-24-38(49(34-15-7-3-8-16-34)35-17-9-4-10-18-35)29-42(44)43-30-39(25-28-45(43)51)50(36-19-11-5-12-20-36)37-21-13-6-14-22-37/h3-21,23-32,37H,22H2,1-2H3. The van der Waals surface area contributed by atoms with Gasteiger partial charge in [-0.3, -0.25) is 4.79 Å². The minimum absolute atomic E-state index is 0.0747.